The van der Waals surface area contributed by atoms with E-state index >= 15 is 0 Å². The molecule has 1 fully saturated rings. The zero-order valence-corrected chi connectivity index (χ0v) is 20.0. The molecule has 0 radical (unpaired) electrons. The number of rotatable bonds is 10. The SMILES string of the molecule is O=C(NCCc1cnc[nH]1)[C@@H]1C[C@H](COc2cccc(C(F)(F)F)c2)CN(CCc2ccccc2)C1. The number of aromatic amines is 1. The number of ether oxygens (including phenoxy) is 1. The fourth-order valence-corrected chi connectivity index (χ4v) is 4.59. The minimum Gasteiger partial charge on any atom is -0.493 e. The maximum absolute atomic E-state index is 13.1. The molecule has 6 nitrogen and oxygen atoms in total. The van der Waals surface area contributed by atoms with Crippen LogP contribution < -0.4 is 10.1 Å². The molecule has 2 atom stereocenters. The second-order valence-corrected chi connectivity index (χ2v) is 9.25. The molecule has 0 saturated carbocycles. The predicted octanol–water partition coefficient (Wildman–Crippen LogP) is 4.35. The van der Waals surface area contributed by atoms with E-state index in [4.69, 9.17) is 4.74 Å². The highest BCUT2D eigenvalue weighted by atomic mass is 19.4. The second kappa shape index (κ2) is 12.1. The summed E-state index contributed by atoms with van der Waals surface area (Å²) in [6, 6.07) is 15.1. The van der Waals surface area contributed by atoms with E-state index in [1.807, 2.05) is 18.2 Å². The molecule has 0 aliphatic carbocycles. The number of likely N-dealkylation sites (tertiary alicyclic amines) is 1. The molecule has 3 aromatic rings. The monoisotopic (exact) mass is 500 g/mol. The maximum Gasteiger partial charge on any atom is 0.416 e. The van der Waals surface area contributed by atoms with Crippen molar-refractivity contribution in [2.45, 2.75) is 25.4 Å². The van der Waals surface area contributed by atoms with Gasteiger partial charge in [0.1, 0.15) is 5.75 Å². The molecule has 2 heterocycles. The average Bonchev–Trinajstić information content (AvgIpc) is 3.40. The number of aromatic nitrogens is 2. The molecule has 1 amide bonds. The number of amides is 1. The summed E-state index contributed by atoms with van der Waals surface area (Å²) in [6.45, 7) is 2.92. The first kappa shape index (κ1) is 25.8. The van der Waals surface area contributed by atoms with Gasteiger partial charge < -0.3 is 19.9 Å². The molecule has 0 spiro atoms. The highest BCUT2D eigenvalue weighted by Crippen LogP contribution is 2.32. The van der Waals surface area contributed by atoms with E-state index in [1.54, 1.807) is 12.5 Å². The van der Waals surface area contributed by atoms with E-state index in [0.717, 1.165) is 37.3 Å². The van der Waals surface area contributed by atoms with Crippen molar-refractivity contribution in [2.24, 2.45) is 11.8 Å². The van der Waals surface area contributed by atoms with Gasteiger partial charge in [-0.25, -0.2) is 4.98 Å². The number of halogens is 3. The van der Waals surface area contributed by atoms with Crippen molar-refractivity contribution in [3.05, 3.63) is 83.9 Å². The average molecular weight is 501 g/mol. The van der Waals surface area contributed by atoms with Crippen LogP contribution in [0.5, 0.6) is 5.75 Å². The molecule has 0 bridgehead atoms. The summed E-state index contributed by atoms with van der Waals surface area (Å²) in [5.74, 6) is -0.0198. The van der Waals surface area contributed by atoms with Gasteiger partial charge in [0.05, 0.1) is 24.4 Å². The van der Waals surface area contributed by atoms with Crippen molar-refractivity contribution in [1.29, 1.82) is 0 Å². The van der Waals surface area contributed by atoms with E-state index in [1.165, 1.54) is 17.7 Å². The Hall–Kier alpha value is -3.33. The van der Waals surface area contributed by atoms with Gasteiger partial charge >= 0.3 is 6.18 Å². The summed E-state index contributed by atoms with van der Waals surface area (Å²) < 4.78 is 45.0. The van der Waals surface area contributed by atoms with Crippen molar-refractivity contribution in [3.8, 4) is 5.75 Å². The van der Waals surface area contributed by atoms with Crippen LogP contribution in [0.4, 0.5) is 13.2 Å². The van der Waals surface area contributed by atoms with E-state index in [0.29, 0.717) is 25.9 Å². The number of benzene rings is 2. The van der Waals surface area contributed by atoms with Crippen LogP contribution in [0, 0.1) is 11.8 Å². The Bertz CT molecular complexity index is 1090. The molecule has 36 heavy (non-hydrogen) atoms. The van der Waals surface area contributed by atoms with Crippen LogP contribution in [0.15, 0.2) is 67.1 Å². The molecular formula is C27H31F3N4O2. The molecule has 1 aromatic heterocycles. The van der Waals surface area contributed by atoms with Gasteiger partial charge in [-0.2, -0.15) is 13.2 Å². The van der Waals surface area contributed by atoms with Gasteiger partial charge in [-0.15, -0.1) is 0 Å². The number of H-pyrrole nitrogens is 1. The largest absolute Gasteiger partial charge is 0.493 e. The minimum atomic E-state index is -4.42. The third kappa shape index (κ3) is 7.58. The fourth-order valence-electron chi connectivity index (χ4n) is 4.59. The van der Waals surface area contributed by atoms with E-state index < -0.39 is 11.7 Å². The third-order valence-electron chi connectivity index (χ3n) is 6.44. The number of carbonyl (C=O) groups excluding carboxylic acids is 1. The zero-order chi connectivity index (χ0) is 25.4. The number of nitrogens with zero attached hydrogens (tertiary/aromatic N) is 2. The van der Waals surface area contributed by atoms with Crippen LogP contribution in [-0.2, 0) is 23.8 Å². The van der Waals surface area contributed by atoms with Crippen molar-refractivity contribution in [3.63, 3.8) is 0 Å². The highest BCUT2D eigenvalue weighted by Gasteiger charge is 2.33. The summed E-state index contributed by atoms with van der Waals surface area (Å²) >= 11 is 0. The molecule has 1 saturated heterocycles. The van der Waals surface area contributed by atoms with Crippen LogP contribution in [0.2, 0.25) is 0 Å². The number of hydrogen-bond donors (Lipinski definition) is 2. The second-order valence-electron chi connectivity index (χ2n) is 9.25. The number of alkyl halides is 3. The summed E-state index contributed by atoms with van der Waals surface area (Å²) in [6.07, 6.45) is 1.07. The molecule has 2 aromatic carbocycles. The molecule has 192 valence electrons. The number of hydrogen-bond acceptors (Lipinski definition) is 4. The maximum atomic E-state index is 13.1. The number of carbonyl (C=O) groups is 1. The zero-order valence-electron chi connectivity index (χ0n) is 20.0. The minimum absolute atomic E-state index is 0.0111. The lowest BCUT2D eigenvalue weighted by atomic mass is 9.88. The normalized spacial score (nSPS) is 18.6. The van der Waals surface area contributed by atoms with E-state index in [-0.39, 0.29) is 30.1 Å². The molecular weight excluding hydrogens is 469 g/mol. The van der Waals surface area contributed by atoms with Gasteiger partial charge in [0.15, 0.2) is 0 Å². The van der Waals surface area contributed by atoms with Crippen LogP contribution in [0.1, 0.15) is 23.2 Å². The lowest BCUT2D eigenvalue weighted by Gasteiger charge is -2.37. The predicted molar refractivity (Wildman–Crippen MR) is 130 cm³/mol. The third-order valence-corrected chi connectivity index (χ3v) is 6.44. The first-order valence-corrected chi connectivity index (χ1v) is 12.2. The van der Waals surface area contributed by atoms with Gasteiger partial charge in [0, 0.05) is 50.4 Å². The molecule has 1 aliphatic rings. The van der Waals surface area contributed by atoms with Crippen LogP contribution in [-0.4, -0.2) is 53.6 Å². The van der Waals surface area contributed by atoms with Crippen molar-refractivity contribution < 1.29 is 22.7 Å². The van der Waals surface area contributed by atoms with Gasteiger partial charge in [-0.3, -0.25) is 4.79 Å². The topological polar surface area (TPSA) is 70.2 Å². The Labute approximate surface area is 208 Å². The Kier molecular flexibility index (Phi) is 8.64. The van der Waals surface area contributed by atoms with Gasteiger partial charge in [0.25, 0.3) is 0 Å². The van der Waals surface area contributed by atoms with Crippen LogP contribution >= 0.6 is 0 Å². The number of nitrogens with one attached hydrogen (secondary N) is 2. The lowest BCUT2D eigenvalue weighted by molar-refractivity contribution is -0.137. The summed E-state index contributed by atoms with van der Waals surface area (Å²) in [5.41, 5.74) is 1.44. The quantitative estimate of drug-likeness (QED) is 0.434. The van der Waals surface area contributed by atoms with Crippen molar-refractivity contribution >= 4 is 5.91 Å². The molecule has 2 N–H and O–H groups in total. The molecule has 1 aliphatic heterocycles. The Morgan fingerprint density at radius 3 is 2.69 bits per heavy atom. The first-order valence-electron chi connectivity index (χ1n) is 12.2. The van der Waals surface area contributed by atoms with Crippen molar-refractivity contribution in [2.75, 3.05) is 32.8 Å². The Balaban J connectivity index is 1.36. The summed E-state index contributed by atoms with van der Waals surface area (Å²) in [7, 11) is 0. The van der Waals surface area contributed by atoms with Gasteiger partial charge in [-0.05, 0) is 36.6 Å². The molecule has 9 heteroatoms. The van der Waals surface area contributed by atoms with E-state index in [2.05, 4.69) is 32.3 Å². The Morgan fingerprint density at radius 1 is 1.11 bits per heavy atom. The van der Waals surface area contributed by atoms with Crippen LogP contribution in [0.3, 0.4) is 0 Å². The van der Waals surface area contributed by atoms with Crippen molar-refractivity contribution in [1.82, 2.24) is 20.2 Å². The summed E-state index contributed by atoms with van der Waals surface area (Å²) in [4.78, 5) is 22.3. The lowest BCUT2D eigenvalue weighted by Crippen LogP contribution is -2.48. The van der Waals surface area contributed by atoms with Gasteiger partial charge in [-0.1, -0.05) is 36.4 Å². The number of imidazole rings is 1. The fraction of sp³-hybridized carbons (Fsp3) is 0.407. The molecule has 0 unspecified atom stereocenters. The standard InChI is InChI=1S/C27H31F3N4O2/c28-27(29,30)23-7-4-8-25(14-23)36-18-21-13-22(26(35)32-11-9-24-15-31-19-33-24)17-34(16-21)12-10-20-5-2-1-3-6-20/h1-8,14-15,19,21-22H,9-13,16-18H2,(H,31,33)(H,32,35)/t21-,22+/m0/s1. The van der Waals surface area contributed by atoms with Crippen LogP contribution in [0.25, 0.3) is 0 Å². The smallest absolute Gasteiger partial charge is 0.416 e. The summed E-state index contributed by atoms with van der Waals surface area (Å²) in [5, 5.41) is 3.02. The van der Waals surface area contributed by atoms with Gasteiger partial charge in [0.2, 0.25) is 5.91 Å². The number of piperidine rings is 1. The Morgan fingerprint density at radius 2 is 1.94 bits per heavy atom. The first-order chi connectivity index (χ1) is 17.4. The highest BCUT2D eigenvalue weighted by molar-refractivity contribution is 5.79. The molecule has 4 rings (SSSR count). The van der Waals surface area contributed by atoms with E-state index in [9.17, 15) is 18.0 Å².